The molecular formula is C16H17BrN2O2S. The summed E-state index contributed by atoms with van der Waals surface area (Å²) >= 11 is 5.07. The van der Waals surface area contributed by atoms with Gasteiger partial charge in [-0.1, -0.05) is 34.1 Å². The van der Waals surface area contributed by atoms with Crippen molar-refractivity contribution < 1.29 is 9.90 Å². The van der Waals surface area contributed by atoms with Crippen molar-refractivity contribution >= 4 is 33.2 Å². The van der Waals surface area contributed by atoms with E-state index in [-0.39, 0.29) is 5.69 Å². The molecule has 0 spiro atoms. The first kappa shape index (κ1) is 15.6. The first-order valence-corrected chi connectivity index (χ1v) is 8.95. The second-order valence-electron chi connectivity index (χ2n) is 5.50. The van der Waals surface area contributed by atoms with Crippen molar-refractivity contribution in [2.75, 3.05) is 13.1 Å². The SMILES string of the molecule is O=C(O)c1csc(CN2CCC(c3ccccc3Br)CC2)n1. The van der Waals surface area contributed by atoms with Gasteiger partial charge in [-0.05, 0) is 43.5 Å². The third-order valence-electron chi connectivity index (χ3n) is 4.06. The summed E-state index contributed by atoms with van der Waals surface area (Å²) in [4.78, 5) is 17.4. The average Bonchev–Trinajstić information content (AvgIpc) is 2.98. The number of benzene rings is 1. The van der Waals surface area contributed by atoms with Crippen LogP contribution in [0.5, 0.6) is 0 Å². The monoisotopic (exact) mass is 380 g/mol. The summed E-state index contributed by atoms with van der Waals surface area (Å²) in [5, 5.41) is 11.4. The van der Waals surface area contributed by atoms with Crippen LogP contribution in [0.25, 0.3) is 0 Å². The van der Waals surface area contributed by atoms with E-state index >= 15 is 0 Å². The highest BCUT2D eigenvalue weighted by Gasteiger charge is 2.22. The highest BCUT2D eigenvalue weighted by Crippen LogP contribution is 2.33. The minimum Gasteiger partial charge on any atom is -0.476 e. The molecule has 4 nitrogen and oxygen atoms in total. The van der Waals surface area contributed by atoms with Gasteiger partial charge in [0.2, 0.25) is 0 Å². The van der Waals surface area contributed by atoms with Gasteiger partial charge in [0.05, 0.1) is 6.54 Å². The van der Waals surface area contributed by atoms with Crippen molar-refractivity contribution in [3.05, 3.63) is 50.4 Å². The summed E-state index contributed by atoms with van der Waals surface area (Å²) in [5.41, 5.74) is 1.55. The Kier molecular flexibility index (Phi) is 4.90. The van der Waals surface area contributed by atoms with E-state index in [0.717, 1.165) is 37.5 Å². The van der Waals surface area contributed by atoms with Crippen LogP contribution in [0.3, 0.4) is 0 Å². The van der Waals surface area contributed by atoms with Crippen molar-refractivity contribution in [3.8, 4) is 0 Å². The average molecular weight is 381 g/mol. The molecule has 0 aliphatic carbocycles. The summed E-state index contributed by atoms with van der Waals surface area (Å²) in [5.74, 6) is -0.354. The zero-order valence-corrected chi connectivity index (χ0v) is 14.4. The Morgan fingerprint density at radius 2 is 2.09 bits per heavy atom. The van der Waals surface area contributed by atoms with E-state index in [2.05, 4.69) is 44.0 Å². The van der Waals surface area contributed by atoms with E-state index < -0.39 is 5.97 Å². The minimum absolute atomic E-state index is 0.156. The molecule has 1 fully saturated rings. The maximum Gasteiger partial charge on any atom is 0.355 e. The van der Waals surface area contributed by atoms with E-state index in [0.29, 0.717) is 5.92 Å². The lowest BCUT2D eigenvalue weighted by atomic mass is 9.89. The van der Waals surface area contributed by atoms with E-state index in [1.807, 2.05) is 6.07 Å². The van der Waals surface area contributed by atoms with Crippen LogP contribution in [0.2, 0.25) is 0 Å². The lowest BCUT2D eigenvalue weighted by Gasteiger charge is -2.32. The molecule has 2 aromatic rings. The molecule has 2 heterocycles. The largest absolute Gasteiger partial charge is 0.476 e. The van der Waals surface area contributed by atoms with Gasteiger partial charge in [0.1, 0.15) is 5.01 Å². The Morgan fingerprint density at radius 3 is 2.73 bits per heavy atom. The Labute approximate surface area is 141 Å². The number of hydrogen-bond donors (Lipinski definition) is 1. The Balaban J connectivity index is 1.57. The molecule has 1 saturated heterocycles. The van der Waals surface area contributed by atoms with Gasteiger partial charge >= 0.3 is 5.97 Å². The predicted octanol–water partition coefficient (Wildman–Crippen LogP) is 3.98. The molecule has 6 heteroatoms. The fourth-order valence-electron chi connectivity index (χ4n) is 2.88. The van der Waals surface area contributed by atoms with Gasteiger partial charge in [0.25, 0.3) is 0 Å². The molecule has 1 aliphatic heterocycles. The maximum absolute atomic E-state index is 10.9. The second kappa shape index (κ2) is 6.89. The molecule has 0 atom stereocenters. The zero-order valence-electron chi connectivity index (χ0n) is 12.0. The van der Waals surface area contributed by atoms with Crippen LogP contribution in [0.1, 0.15) is 39.8 Å². The number of thiazole rings is 1. The first-order chi connectivity index (χ1) is 10.6. The maximum atomic E-state index is 10.9. The van der Waals surface area contributed by atoms with Crippen LogP contribution in [0, 0.1) is 0 Å². The summed E-state index contributed by atoms with van der Waals surface area (Å²) in [6.07, 6.45) is 2.25. The van der Waals surface area contributed by atoms with Gasteiger partial charge in [-0.3, -0.25) is 4.90 Å². The van der Waals surface area contributed by atoms with E-state index in [9.17, 15) is 4.79 Å². The van der Waals surface area contributed by atoms with Gasteiger partial charge in [-0.25, -0.2) is 9.78 Å². The molecule has 0 saturated carbocycles. The van der Waals surface area contributed by atoms with Gasteiger partial charge < -0.3 is 5.11 Å². The first-order valence-electron chi connectivity index (χ1n) is 7.28. The number of piperidine rings is 1. The molecule has 3 rings (SSSR count). The fourth-order valence-corrected chi connectivity index (χ4v) is 4.30. The third-order valence-corrected chi connectivity index (χ3v) is 5.62. The molecular weight excluding hydrogens is 364 g/mol. The number of carbonyl (C=O) groups is 1. The van der Waals surface area contributed by atoms with Crippen molar-refractivity contribution in [3.63, 3.8) is 0 Å². The number of halogens is 1. The normalized spacial score (nSPS) is 16.8. The second-order valence-corrected chi connectivity index (χ2v) is 7.30. The van der Waals surface area contributed by atoms with Crippen LogP contribution < -0.4 is 0 Å². The van der Waals surface area contributed by atoms with Crippen LogP contribution in [0.4, 0.5) is 0 Å². The molecule has 22 heavy (non-hydrogen) atoms. The highest BCUT2D eigenvalue weighted by molar-refractivity contribution is 9.10. The number of likely N-dealkylation sites (tertiary alicyclic amines) is 1. The third kappa shape index (κ3) is 3.56. The molecule has 1 aromatic heterocycles. The highest BCUT2D eigenvalue weighted by atomic mass is 79.9. The number of carboxylic acids is 1. The predicted molar refractivity (Wildman–Crippen MR) is 90.5 cm³/mol. The van der Waals surface area contributed by atoms with E-state index in [1.165, 1.54) is 21.4 Å². The molecule has 0 amide bonds. The fraction of sp³-hybridized carbons (Fsp3) is 0.375. The number of hydrogen-bond acceptors (Lipinski definition) is 4. The van der Waals surface area contributed by atoms with E-state index in [4.69, 9.17) is 5.11 Å². The topological polar surface area (TPSA) is 53.4 Å². The minimum atomic E-state index is -0.949. The standard InChI is InChI=1S/C16H17BrN2O2S/c17-13-4-2-1-3-12(13)11-5-7-19(8-6-11)9-15-18-14(10-22-15)16(20)21/h1-4,10-11H,5-9H2,(H,20,21). The number of carboxylic acid groups (broad SMARTS) is 1. The lowest BCUT2D eigenvalue weighted by Crippen LogP contribution is -2.32. The van der Waals surface area contributed by atoms with Crippen molar-refractivity contribution in [1.82, 2.24) is 9.88 Å². The van der Waals surface area contributed by atoms with Crippen molar-refractivity contribution in [2.45, 2.75) is 25.3 Å². The summed E-state index contributed by atoms with van der Waals surface area (Å²) in [7, 11) is 0. The van der Waals surface area contributed by atoms with Gasteiger partial charge in [-0.2, -0.15) is 0 Å². The molecule has 0 radical (unpaired) electrons. The van der Waals surface area contributed by atoms with E-state index in [1.54, 1.807) is 5.38 Å². The van der Waals surface area contributed by atoms with Gasteiger partial charge in [0, 0.05) is 9.85 Å². The number of aromatic carboxylic acids is 1. The van der Waals surface area contributed by atoms with Crippen LogP contribution in [-0.2, 0) is 6.54 Å². The summed E-state index contributed by atoms with van der Waals surface area (Å²) < 4.78 is 1.19. The van der Waals surface area contributed by atoms with Crippen LogP contribution in [0.15, 0.2) is 34.1 Å². The molecule has 0 unspecified atom stereocenters. The molecule has 1 N–H and O–H groups in total. The van der Waals surface area contributed by atoms with Crippen LogP contribution >= 0.6 is 27.3 Å². The lowest BCUT2D eigenvalue weighted by molar-refractivity contribution is 0.0691. The summed E-state index contributed by atoms with van der Waals surface area (Å²) in [6.45, 7) is 2.79. The zero-order chi connectivity index (χ0) is 15.5. The van der Waals surface area contributed by atoms with Crippen molar-refractivity contribution in [2.24, 2.45) is 0 Å². The van der Waals surface area contributed by atoms with Crippen LogP contribution in [-0.4, -0.2) is 34.0 Å². The Morgan fingerprint density at radius 1 is 1.36 bits per heavy atom. The molecule has 0 bridgehead atoms. The Bertz CT molecular complexity index is 666. The molecule has 1 aromatic carbocycles. The number of rotatable bonds is 4. The van der Waals surface area contributed by atoms with Gasteiger partial charge in [0.15, 0.2) is 5.69 Å². The van der Waals surface area contributed by atoms with Crippen molar-refractivity contribution in [1.29, 1.82) is 0 Å². The summed E-state index contributed by atoms with van der Waals surface area (Å²) in [6, 6.07) is 8.44. The quantitative estimate of drug-likeness (QED) is 0.871. The smallest absolute Gasteiger partial charge is 0.355 e. The van der Waals surface area contributed by atoms with Gasteiger partial charge in [-0.15, -0.1) is 11.3 Å². The Hall–Kier alpha value is -1.24. The number of aromatic nitrogens is 1. The molecule has 1 aliphatic rings. The number of nitrogens with zero attached hydrogens (tertiary/aromatic N) is 2. The molecule has 116 valence electrons.